The topological polar surface area (TPSA) is 90.5 Å². The molecule has 8 heteroatoms. The Morgan fingerprint density at radius 1 is 1.19 bits per heavy atom. The molecule has 1 aliphatic rings. The van der Waals surface area contributed by atoms with Crippen molar-refractivity contribution >= 4 is 23.7 Å². The van der Waals surface area contributed by atoms with Gasteiger partial charge in [-0.3, -0.25) is 4.79 Å². The standard InChI is InChI=1S/C18H25FN4O3/c1-3-4-5-6-9-12-18(2)15(24)23(17(26)21-18)22-16(25)20-14-11-8-7-10-13(14)19/h7-8,10-11H,3-6,9,12H2,1-2H3,(H,21,26)(H2,20,22,25). The second kappa shape index (κ2) is 8.64. The van der Waals surface area contributed by atoms with E-state index in [9.17, 15) is 18.8 Å². The minimum absolute atomic E-state index is 0.0456. The molecule has 142 valence electrons. The van der Waals surface area contributed by atoms with Crippen LogP contribution in [-0.4, -0.2) is 28.5 Å². The van der Waals surface area contributed by atoms with Crippen LogP contribution in [0.5, 0.6) is 0 Å². The monoisotopic (exact) mass is 364 g/mol. The summed E-state index contributed by atoms with van der Waals surface area (Å²) in [7, 11) is 0. The minimum atomic E-state index is -1.05. The highest BCUT2D eigenvalue weighted by atomic mass is 19.1. The fraction of sp³-hybridized carbons (Fsp3) is 0.500. The Balaban J connectivity index is 1.91. The molecule has 26 heavy (non-hydrogen) atoms. The predicted molar refractivity (Wildman–Crippen MR) is 95.7 cm³/mol. The zero-order chi connectivity index (χ0) is 19.2. The molecule has 1 aliphatic heterocycles. The molecule has 7 nitrogen and oxygen atoms in total. The second-order valence-corrected chi connectivity index (χ2v) is 6.61. The SMILES string of the molecule is CCCCCCCC1(C)NC(=O)N(NC(=O)Nc2ccccc2F)C1=O. The highest BCUT2D eigenvalue weighted by molar-refractivity contribution is 6.08. The number of hydrogen-bond donors (Lipinski definition) is 3. The van der Waals surface area contributed by atoms with E-state index >= 15 is 0 Å². The molecule has 1 heterocycles. The number of unbranched alkanes of at least 4 members (excludes halogenated alkanes) is 4. The molecule has 0 aliphatic carbocycles. The van der Waals surface area contributed by atoms with Gasteiger partial charge in [0.1, 0.15) is 11.4 Å². The Kier molecular flexibility index (Phi) is 6.54. The van der Waals surface area contributed by atoms with Crippen LogP contribution in [0.4, 0.5) is 19.7 Å². The number of benzene rings is 1. The molecule has 3 N–H and O–H groups in total. The molecule has 5 amide bonds. The summed E-state index contributed by atoms with van der Waals surface area (Å²) in [5, 5.41) is 5.54. The zero-order valence-electron chi connectivity index (χ0n) is 15.1. The van der Waals surface area contributed by atoms with Crippen LogP contribution in [0.2, 0.25) is 0 Å². The number of hydrazine groups is 1. The number of carbonyl (C=O) groups excluding carboxylic acids is 3. The van der Waals surface area contributed by atoms with E-state index in [4.69, 9.17) is 0 Å². The quantitative estimate of drug-likeness (QED) is 0.487. The summed E-state index contributed by atoms with van der Waals surface area (Å²) in [6.07, 6.45) is 5.63. The fourth-order valence-electron chi connectivity index (χ4n) is 2.85. The van der Waals surface area contributed by atoms with Gasteiger partial charge < -0.3 is 10.6 Å². The van der Waals surface area contributed by atoms with E-state index in [-0.39, 0.29) is 5.69 Å². The maximum Gasteiger partial charge on any atom is 0.344 e. The minimum Gasteiger partial charge on any atom is -0.322 e. The summed E-state index contributed by atoms with van der Waals surface area (Å²) >= 11 is 0. The van der Waals surface area contributed by atoms with Crippen molar-refractivity contribution in [1.82, 2.24) is 15.8 Å². The Morgan fingerprint density at radius 2 is 1.88 bits per heavy atom. The van der Waals surface area contributed by atoms with Crippen molar-refractivity contribution in [3.63, 3.8) is 0 Å². The first-order valence-corrected chi connectivity index (χ1v) is 8.86. The number of nitrogens with zero attached hydrogens (tertiary/aromatic N) is 1. The zero-order valence-corrected chi connectivity index (χ0v) is 15.1. The molecule has 0 saturated carbocycles. The number of urea groups is 2. The molecule has 1 aromatic rings. The van der Waals surface area contributed by atoms with E-state index in [2.05, 4.69) is 23.0 Å². The average Bonchev–Trinajstić information content (AvgIpc) is 2.80. The summed E-state index contributed by atoms with van der Waals surface area (Å²) in [6, 6.07) is 4.05. The molecule has 1 aromatic carbocycles. The van der Waals surface area contributed by atoms with Crippen LogP contribution in [0.3, 0.4) is 0 Å². The highest BCUT2D eigenvalue weighted by Crippen LogP contribution is 2.23. The Hall–Kier alpha value is -2.64. The maximum absolute atomic E-state index is 13.6. The van der Waals surface area contributed by atoms with Gasteiger partial charge in [0, 0.05) is 0 Å². The molecular weight excluding hydrogens is 339 g/mol. The van der Waals surface area contributed by atoms with E-state index in [1.54, 1.807) is 13.0 Å². The Morgan fingerprint density at radius 3 is 2.58 bits per heavy atom. The molecule has 0 aromatic heterocycles. The molecule has 0 spiro atoms. The number of rotatable bonds is 8. The van der Waals surface area contributed by atoms with Crippen LogP contribution in [0.15, 0.2) is 24.3 Å². The number of halogens is 1. The summed E-state index contributed by atoms with van der Waals surface area (Å²) in [4.78, 5) is 36.6. The number of carbonyl (C=O) groups is 3. The van der Waals surface area contributed by atoms with E-state index in [0.29, 0.717) is 11.4 Å². The Bertz CT molecular complexity index is 682. The lowest BCUT2D eigenvalue weighted by atomic mass is 9.94. The van der Waals surface area contributed by atoms with Gasteiger partial charge in [-0.15, -0.1) is 0 Å². The summed E-state index contributed by atoms with van der Waals surface area (Å²) < 4.78 is 13.6. The third kappa shape index (κ3) is 4.71. The summed E-state index contributed by atoms with van der Waals surface area (Å²) in [6.45, 7) is 3.77. The van der Waals surface area contributed by atoms with Crippen LogP contribution in [0.25, 0.3) is 0 Å². The van der Waals surface area contributed by atoms with Gasteiger partial charge in [0.15, 0.2) is 0 Å². The van der Waals surface area contributed by atoms with Gasteiger partial charge in [0.2, 0.25) is 0 Å². The number of hydrogen-bond acceptors (Lipinski definition) is 3. The largest absolute Gasteiger partial charge is 0.344 e. The van der Waals surface area contributed by atoms with E-state index in [1.807, 2.05) is 0 Å². The molecule has 0 radical (unpaired) electrons. The molecular formula is C18H25FN4O3. The van der Waals surface area contributed by atoms with E-state index in [1.165, 1.54) is 18.2 Å². The smallest absolute Gasteiger partial charge is 0.322 e. The third-order valence-electron chi connectivity index (χ3n) is 4.38. The molecule has 1 atom stereocenters. The second-order valence-electron chi connectivity index (χ2n) is 6.61. The first kappa shape index (κ1) is 19.7. The van der Waals surface area contributed by atoms with Gasteiger partial charge in [-0.1, -0.05) is 51.2 Å². The van der Waals surface area contributed by atoms with Crippen LogP contribution >= 0.6 is 0 Å². The van der Waals surface area contributed by atoms with Crippen molar-refractivity contribution in [3.8, 4) is 0 Å². The maximum atomic E-state index is 13.6. The number of imide groups is 1. The average molecular weight is 364 g/mol. The normalized spacial score (nSPS) is 19.4. The van der Waals surface area contributed by atoms with Crippen molar-refractivity contribution in [3.05, 3.63) is 30.1 Å². The third-order valence-corrected chi connectivity index (χ3v) is 4.38. The van der Waals surface area contributed by atoms with Gasteiger partial charge in [0.05, 0.1) is 5.69 Å². The number of amides is 5. The van der Waals surface area contributed by atoms with Crippen molar-refractivity contribution in [2.24, 2.45) is 0 Å². The lowest BCUT2D eigenvalue weighted by Gasteiger charge is -2.21. The summed E-state index contributed by atoms with van der Waals surface area (Å²) in [5.41, 5.74) is 1.08. The van der Waals surface area contributed by atoms with Gasteiger partial charge in [0.25, 0.3) is 5.91 Å². The van der Waals surface area contributed by atoms with Crippen molar-refractivity contribution in [2.75, 3.05) is 5.32 Å². The van der Waals surface area contributed by atoms with Gasteiger partial charge >= 0.3 is 12.1 Å². The van der Waals surface area contributed by atoms with Crippen LogP contribution < -0.4 is 16.1 Å². The number of para-hydroxylation sites is 1. The molecule has 1 saturated heterocycles. The van der Waals surface area contributed by atoms with Crippen molar-refractivity contribution in [2.45, 2.75) is 57.9 Å². The molecule has 0 bridgehead atoms. The van der Waals surface area contributed by atoms with Crippen molar-refractivity contribution < 1.29 is 18.8 Å². The van der Waals surface area contributed by atoms with Gasteiger partial charge in [-0.2, -0.15) is 5.01 Å². The highest BCUT2D eigenvalue weighted by Gasteiger charge is 2.48. The molecule has 1 fully saturated rings. The lowest BCUT2D eigenvalue weighted by molar-refractivity contribution is -0.132. The molecule has 1 unspecified atom stereocenters. The first-order valence-electron chi connectivity index (χ1n) is 8.86. The predicted octanol–water partition coefficient (Wildman–Crippen LogP) is 3.53. The van der Waals surface area contributed by atoms with Gasteiger partial charge in [-0.25, -0.2) is 19.4 Å². The van der Waals surface area contributed by atoms with Gasteiger partial charge in [-0.05, 0) is 25.5 Å². The number of anilines is 1. The lowest BCUT2D eigenvalue weighted by Crippen LogP contribution is -2.50. The van der Waals surface area contributed by atoms with Crippen LogP contribution in [-0.2, 0) is 4.79 Å². The van der Waals surface area contributed by atoms with Crippen molar-refractivity contribution in [1.29, 1.82) is 0 Å². The van der Waals surface area contributed by atoms with E-state index in [0.717, 1.165) is 32.1 Å². The van der Waals surface area contributed by atoms with Crippen LogP contribution in [0.1, 0.15) is 52.4 Å². The molecule has 2 rings (SSSR count). The fourth-order valence-corrected chi connectivity index (χ4v) is 2.85. The summed E-state index contributed by atoms with van der Waals surface area (Å²) in [5.74, 6) is -1.14. The Labute approximate surface area is 152 Å². The van der Waals surface area contributed by atoms with E-state index < -0.39 is 29.3 Å². The number of nitrogens with one attached hydrogen (secondary N) is 3. The first-order chi connectivity index (χ1) is 12.4. The van der Waals surface area contributed by atoms with Crippen LogP contribution in [0, 0.1) is 5.82 Å².